The van der Waals surface area contributed by atoms with Gasteiger partial charge in [-0.3, -0.25) is 9.69 Å². The summed E-state index contributed by atoms with van der Waals surface area (Å²) in [5, 5.41) is 23.1. The smallest absolute Gasteiger partial charge is 0.408 e. The van der Waals surface area contributed by atoms with Crippen LogP contribution in [0.25, 0.3) is 0 Å². The number of carbonyl (C=O) groups excluding carboxylic acids is 1. The van der Waals surface area contributed by atoms with Crippen molar-refractivity contribution in [1.29, 1.82) is 0 Å². The Balaban J connectivity index is 1.35. The summed E-state index contributed by atoms with van der Waals surface area (Å²) in [4.78, 5) is 27.7. The summed E-state index contributed by atoms with van der Waals surface area (Å²) < 4.78 is 15.0. The van der Waals surface area contributed by atoms with E-state index in [1.54, 1.807) is 17.0 Å². The normalized spacial score (nSPS) is 32.8. The zero-order valence-electron chi connectivity index (χ0n) is 17.6. The minimum Gasteiger partial charge on any atom is -0.465 e. The van der Waals surface area contributed by atoms with Gasteiger partial charge < -0.3 is 20.4 Å². The molecule has 0 spiro atoms. The van der Waals surface area contributed by atoms with Crippen LogP contribution in [0.3, 0.4) is 0 Å². The highest BCUT2D eigenvalue weighted by Crippen LogP contribution is 2.51. The third kappa shape index (κ3) is 3.64. The number of aliphatic hydroxyl groups excluding tert-OH is 1. The third-order valence-electron chi connectivity index (χ3n) is 7.78. The molecule has 4 unspecified atom stereocenters. The van der Waals surface area contributed by atoms with E-state index in [0.717, 1.165) is 38.5 Å². The molecule has 5 rings (SSSR count). The van der Waals surface area contributed by atoms with Gasteiger partial charge in [-0.1, -0.05) is 0 Å². The summed E-state index contributed by atoms with van der Waals surface area (Å²) >= 11 is 0. The molecule has 1 aromatic carbocycles. The van der Waals surface area contributed by atoms with Gasteiger partial charge in [-0.05, 0) is 69.6 Å². The number of hydrogen-bond donors (Lipinski definition) is 3. The molecule has 3 aliphatic heterocycles. The summed E-state index contributed by atoms with van der Waals surface area (Å²) in [6.45, 7) is 1.27. The van der Waals surface area contributed by atoms with E-state index in [1.165, 1.54) is 6.07 Å². The quantitative estimate of drug-likeness (QED) is 0.679. The number of piperidine rings is 2. The van der Waals surface area contributed by atoms with Crippen LogP contribution >= 0.6 is 0 Å². The van der Waals surface area contributed by atoms with Crippen molar-refractivity contribution in [3.05, 3.63) is 24.0 Å². The lowest BCUT2D eigenvalue weighted by Gasteiger charge is -2.52. The van der Waals surface area contributed by atoms with Crippen LogP contribution in [0, 0.1) is 17.7 Å². The fourth-order valence-corrected chi connectivity index (χ4v) is 6.24. The molecule has 8 heteroatoms. The highest BCUT2D eigenvalue weighted by atomic mass is 19.1. The maximum Gasteiger partial charge on any atom is 0.408 e. The van der Waals surface area contributed by atoms with Crippen molar-refractivity contribution in [3.63, 3.8) is 0 Å². The molecule has 3 saturated heterocycles. The number of aliphatic hydroxyl groups is 1. The number of carboxylic acid groups (broad SMARTS) is 1. The second kappa shape index (κ2) is 7.65. The summed E-state index contributed by atoms with van der Waals surface area (Å²) in [5.74, 6) is -0.325. The Morgan fingerprint density at radius 1 is 1.19 bits per heavy atom. The fourth-order valence-electron chi connectivity index (χ4n) is 6.24. The molecule has 1 aromatic rings. The zero-order valence-corrected chi connectivity index (χ0v) is 17.6. The van der Waals surface area contributed by atoms with E-state index in [-0.39, 0.29) is 29.6 Å². The standard InChI is InChI=1S/C23H30FN3O4/c24-19-10-16(25-21(29)14-3-4-14)5-6-20(19)26-9-1-2-15(13-26)23-8-7-17(11-18(28)12-23)27(23)22(30)31/h5-6,10,14-15,17-18,28H,1-4,7-9,11-13H2,(H,25,29)(H,30,31). The molecular weight excluding hydrogens is 401 g/mol. The number of halogens is 1. The number of rotatable bonds is 4. The van der Waals surface area contributed by atoms with Gasteiger partial charge in [0, 0.05) is 36.7 Å². The molecule has 4 aliphatic rings. The van der Waals surface area contributed by atoms with E-state index in [9.17, 15) is 24.2 Å². The molecule has 2 amide bonds. The van der Waals surface area contributed by atoms with Crippen LogP contribution in [-0.4, -0.2) is 57.9 Å². The molecule has 31 heavy (non-hydrogen) atoms. The molecule has 1 saturated carbocycles. The first-order valence-corrected chi connectivity index (χ1v) is 11.4. The second-order valence-corrected chi connectivity index (χ2v) is 9.76. The van der Waals surface area contributed by atoms with E-state index in [4.69, 9.17) is 0 Å². The number of amides is 2. The van der Waals surface area contributed by atoms with Crippen LogP contribution in [0.2, 0.25) is 0 Å². The van der Waals surface area contributed by atoms with Crippen molar-refractivity contribution in [2.45, 2.75) is 69.1 Å². The number of benzene rings is 1. The summed E-state index contributed by atoms with van der Waals surface area (Å²) in [7, 11) is 0. The molecule has 3 N–H and O–H groups in total. The van der Waals surface area contributed by atoms with Gasteiger partial charge in [-0.25, -0.2) is 9.18 Å². The average molecular weight is 432 g/mol. The van der Waals surface area contributed by atoms with Gasteiger partial charge in [0.1, 0.15) is 5.82 Å². The molecule has 7 nitrogen and oxygen atoms in total. The number of hydrogen-bond acceptors (Lipinski definition) is 4. The number of anilines is 2. The molecule has 0 radical (unpaired) electrons. The van der Waals surface area contributed by atoms with Gasteiger partial charge in [-0.15, -0.1) is 0 Å². The van der Waals surface area contributed by atoms with Crippen molar-refractivity contribution in [1.82, 2.24) is 4.90 Å². The first-order valence-electron chi connectivity index (χ1n) is 11.4. The van der Waals surface area contributed by atoms with Gasteiger partial charge in [0.15, 0.2) is 0 Å². The van der Waals surface area contributed by atoms with Crippen molar-refractivity contribution < 1.29 is 24.2 Å². The Bertz CT molecular complexity index is 892. The van der Waals surface area contributed by atoms with E-state index in [0.29, 0.717) is 37.3 Å². The highest BCUT2D eigenvalue weighted by molar-refractivity contribution is 5.94. The molecule has 0 aromatic heterocycles. The minimum atomic E-state index is -0.909. The Morgan fingerprint density at radius 3 is 2.71 bits per heavy atom. The van der Waals surface area contributed by atoms with Crippen LogP contribution in [-0.2, 0) is 4.79 Å². The number of nitrogens with zero attached hydrogens (tertiary/aromatic N) is 2. The van der Waals surface area contributed by atoms with Gasteiger partial charge >= 0.3 is 6.09 Å². The molecule has 1 aliphatic carbocycles. The topological polar surface area (TPSA) is 93.1 Å². The summed E-state index contributed by atoms with van der Waals surface area (Å²) in [6.07, 6.45) is 4.63. The van der Waals surface area contributed by atoms with Crippen molar-refractivity contribution in [2.24, 2.45) is 11.8 Å². The van der Waals surface area contributed by atoms with Crippen LogP contribution in [0.15, 0.2) is 18.2 Å². The van der Waals surface area contributed by atoms with Crippen molar-refractivity contribution in [2.75, 3.05) is 23.3 Å². The third-order valence-corrected chi connectivity index (χ3v) is 7.78. The molecule has 4 atom stereocenters. The maximum absolute atomic E-state index is 15.0. The van der Waals surface area contributed by atoms with Crippen LogP contribution in [0.5, 0.6) is 0 Å². The lowest BCUT2D eigenvalue weighted by Crippen LogP contribution is -2.62. The fraction of sp³-hybridized carbons (Fsp3) is 0.652. The van der Waals surface area contributed by atoms with E-state index in [2.05, 4.69) is 5.32 Å². The molecule has 4 fully saturated rings. The zero-order chi connectivity index (χ0) is 21.8. The van der Waals surface area contributed by atoms with Crippen molar-refractivity contribution in [3.8, 4) is 0 Å². The Hall–Kier alpha value is -2.35. The van der Waals surface area contributed by atoms with Gasteiger partial charge in [0.25, 0.3) is 0 Å². The largest absolute Gasteiger partial charge is 0.465 e. The summed E-state index contributed by atoms with van der Waals surface area (Å²) in [6, 6.07) is 4.69. The van der Waals surface area contributed by atoms with Crippen molar-refractivity contribution >= 4 is 23.4 Å². The molecule has 3 heterocycles. The average Bonchev–Trinajstić information content (AvgIpc) is 3.54. The summed E-state index contributed by atoms with van der Waals surface area (Å²) in [5.41, 5.74) is 0.385. The second-order valence-electron chi connectivity index (χ2n) is 9.76. The predicted molar refractivity (Wildman–Crippen MR) is 114 cm³/mol. The number of fused-ring (bicyclic) bond motifs is 2. The Morgan fingerprint density at radius 2 is 2.00 bits per heavy atom. The minimum absolute atomic E-state index is 0.0472. The lowest BCUT2D eigenvalue weighted by atomic mass is 9.72. The van der Waals surface area contributed by atoms with Gasteiger partial charge in [-0.2, -0.15) is 0 Å². The number of carbonyl (C=O) groups is 2. The van der Waals surface area contributed by atoms with Gasteiger partial charge in [0.2, 0.25) is 5.91 Å². The first kappa shape index (κ1) is 20.5. The number of nitrogens with one attached hydrogen (secondary N) is 1. The molecule has 168 valence electrons. The predicted octanol–water partition coefficient (Wildman–Crippen LogP) is 3.43. The lowest BCUT2D eigenvalue weighted by molar-refractivity contribution is -0.117. The molecule has 2 bridgehead atoms. The van der Waals surface area contributed by atoms with E-state index in [1.807, 2.05) is 4.90 Å². The first-order chi connectivity index (χ1) is 14.9. The Labute approximate surface area is 181 Å². The maximum atomic E-state index is 15.0. The SMILES string of the molecule is O=C(Nc1ccc(N2CCCC(C34CCC(CC(O)C3)N4C(=O)O)C2)c(F)c1)C1CC1. The van der Waals surface area contributed by atoms with Crippen LogP contribution < -0.4 is 10.2 Å². The van der Waals surface area contributed by atoms with Gasteiger partial charge in [0.05, 0.1) is 17.3 Å². The monoisotopic (exact) mass is 431 g/mol. The Kier molecular flexibility index (Phi) is 5.07. The van der Waals surface area contributed by atoms with E-state index < -0.39 is 17.7 Å². The van der Waals surface area contributed by atoms with Crippen LogP contribution in [0.4, 0.5) is 20.6 Å². The van der Waals surface area contributed by atoms with E-state index >= 15 is 0 Å². The molecular formula is C23H30FN3O4. The van der Waals surface area contributed by atoms with Crippen LogP contribution in [0.1, 0.15) is 51.4 Å². The highest BCUT2D eigenvalue weighted by Gasteiger charge is 2.57.